The van der Waals surface area contributed by atoms with E-state index in [-0.39, 0.29) is 11.4 Å². The summed E-state index contributed by atoms with van der Waals surface area (Å²) in [4.78, 5) is 12.3. The molecule has 0 saturated carbocycles. The third kappa shape index (κ3) is 3.81. The zero-order chi connectivity index (χ0) is 14.5. The van der Waals surface area contributed by atoms with E-state index in [1.165, 1.54) is 0 Å². The monoisotopic (exact) mass is 292 g/mol. The van der Waals surface area contributed by atoms with E-state index in [0.717, 1.165) is 11.1 Å². The summed E-state index contributed by atoms with van der Waals surface area (Å²) in [5.74, 6) is 1.34. The van der Waals surface area contributed by atoms with Gasteiger partial charge in [-0.05, 0) is 38.4 Å². The number of rotatable bonds is 5. The molecule has 5 nitrogen and oxygen atoms in total. The van der Waals surface area contributed by atoms with Crippen molar-refractivity contribution in [2.45, 2.75) is 33.4 Å². The largest absolute Gasteiger partial charge is 0.475 e. The fraction of sp³-hybridized carbons (Fsp3) is 0.357. The van der Waals surface area contributed by atoms with Crippen LogP contribution in [0.2, 0.25) is 5.28 Å². The molecule has 0 saturated heterocycles. The molecule has 2 heterocycles. The number of aromatic nitrogens is 3. The summed E-state index contributed by atoms with van der Waals surface area (Å²) in [5.41, 5.74) is 1.90. The standard InChI is InChI=1S/C14H17ClN4O/c1-9(2)20-13-11(5-4-6-16-13)8-17-12-10(3)7-18-14(15)19-12/h4-7,9H,8H2,1-3H3,(H,17,18,19). The number of pyridine rings is 1. The van der Waals surface area contributed by atoms with Crippen LogP contribution in [-0.2, 0) is 6.54 Å². The molecule has 0 atom stereocenters. The van der Waals surface area contributed by atoms with E-state index in [2.05, 4.69) is 20.3 Å². The van der Waals surface area contributed by atoms with Crippen molar-refractivity contribution in [3.05, 3.63) is 40.9 Å². The van der Waals surface area contributed by atoms with Crippen LogP contribution in [0, 0.1) is 6.92 Å². The van der Waals surface area contributed by atoms with Crippen LogP contribution in [0.15, 0.2) is 24.5 Å². The molecule has 0 unspecified atom stereocenters. The lowest BCUT2D eigenvalue weighted by atomic mass is 10.2. The fourth-order valence-corrected chi connectivity index (χ4v) is 1.80. The Morgan fingerprint density at radius 3 is 2.90 bits per heavy atom. The number of anilines is 1. The van der Waals surface area contributed by atoms with Gasteiger partial charge in [-0.1, -0.05) is 6.07 Å². The van der Waals surface area contributed by atoms with Crippen LogP contribution in [-0.4, -0.2) is 21.1 Å². The first kappa shape index (κ1) is 14.5. The Morgan fingerprint density at radius 2 is 2.15 bits per heavy atom. The van der Waals surface area contributed by atoms with Crippen LogP contribution in [0.5, 0.6) is 5.88 Å². The number of hydrogen-bond donors (Lipinski definition) is 1. The number of hydrogen-bond acceptors (Lipinski definition) is 5. The zero-order valence-electron chi connectivity index (χ0n) is 11.7. The van der Waals surface area contributed by atoms with Gasteiger partial charge in [-0.2, -0.15) is 0 Å². The second-order valence-electron chi connectivity index (χ2n) is 4.66. The first-order valence-electron chi connectivity index (χ1n) is 6.40. The molecule has 1 N–H and O–H groups in total. The van der Waals surface area contributed by atoms with Gasteiger partial charge in [-0.25, -0.2) is 15.0 Å². The molecule has 6 heteroatoms. The van der Waals surface area contributed by atoms with Crippen molar-refractivity contribution in [1.29, 1.82) is 0 Å². The maximum atomic E-state index is 5.80. The number of nitrogens with zero attached hydrogens (tertiary/aromatic N) is 3. The first-order chi connectivity index (χ1) is 9.56. The van der Waals surface area contributed by atoms with E-state index < -0.39 is 0 Å². The third-order valence-corrected chi connectivity index (χ3v) is 2.77. The summed E-state index contributed by atoms with van der Waals surface area (Å²) in [6, 6.07) is 3.85. The van der Waals surface area contributed by atoms with Crippen molar-refractivity contribution < 1.29 is 4.74 Å². The number of halogens is 1. The zero-order valence-corrected chi connectivity index (χ0v) is 12.5. The summed E-state index contributed by atoms with van der Waals surface area (Å²) in [6.07, 6.45) is 3.49. The Morgan fingerprint density at radius 1 is 1.35 bits per heavy atom. The molecule has 0 aromatic carbocycles. The van der Waals surface area contributed by atoms with Gasteiger partial charge in [-0.15, -0.1) is 0 Å². The molecule has 0 aliphatic carbocycles. The number of nitrogens with one attached hydrogen (secondary N) is 1. The molecule has 20 heavy (non-hydrogen) atoms. The second kappa shape index (κ2) is 6.52. The number of ether oxygens (including phenoxy) is 1. The van der Waals surface area contributed by atoms with Crippen molar-refractivity contribution in [2.24, 2.45) is 0 Å². The molecule has 0 amide bonds. The Kier molecular flexibility index (Phi) is 4.74. The van der Waals surface area contributed by atoms with Crippen LogP contribution in [0.1, 0.15) is 25.0 Å². The molecule has 0 aliphatic heterocycles. The molecule has 0 radical (unpaired) electrons. The molecule has 0 bridgehead atoms. The van der Waals surface area contributed by atoms with Crippen molar-refractivity contribution in [3.8, 4) is 5.88 Å². The maximum Gasteiger partial charge on any atom is 0.224 e. The number of aryl methyl sites for hydroxylation is 1. The SMILES string of the molecule is Cc1cnc(Cl)nc1NCc1cccnc1OC(C)C. The predicted molar refractivity (Wildman–Crippen MR) is 79.1 cm³/mol. The van der Waals surface area contributed by atoms with Crippen LogP contribution < -0.4 is 10.1 Å². The molecular weight excluding hydrogens is 276 g/mol. The molecular formula is C14H17ClN4O. The van der Waals surface area contributed by atoms with E-state index >= 15 is 0 Å². The molecule has 2 rings (SSSR count). The minimum absolute atomic E-state index is 0.0823. The van der Waals surface area contributed by atoms with Gasteiger partial charge < -0.3 is 10.1 Å². The van der Waals surface area contributed by atoms with Gasteiger partial charge >= 0.3 is 0 Å². The van der Waals surface area contributed by atoms with Crippen molar-refractivity contribution >= 4 is 17.4 Å². The van der Waals surface area contributed by atoms with E-state index in [9.17, 15) is 0 Å². The average molecular weight is 293 g/mol. The maximum absolute atomic E-state index is 5.80. The lowest BCUT2D eigenvalue weighted by molar-refractivity contribution is 0.230. The van der Waals surface area contributed by atoms with Gasteiger partial charge in [0.25, 0.3) is 0 Å². The van der Waals surface area contributed by atoms with Gasteiger partial charge in [0.15, 0.2) is 0 Å². The van der Waals surface area contributed by atoms with Gasteiger partial charge in [0.2, 0.25) is 11.2 Å². The third-order valence-electron chi connectivity index (χ3n) is 2.59. The molecule has 2 aromatic rings. The van der Waals surface area contributed by atoms with Crippen LogP contribution in [0.3, 0.4) is 0 Å². The van der Waals surface area contributed by atoms with E-state index in [4.69, 9.17) is 16.3 Å². The molecule has 0 fully saturated rings. The average Bonchev–Trinajstić information content (AvgIpc) is 2.41. The summed E-state index contributed by atoms with van der Waals surface area (Å²) in [6.45, 7) is 6.43. The quantitative estimate of drug-likeness (QED) is 0.857. The minimum Gasteiger partial charge on any atom is -0.475 e. The fourth-order valence-electron chi connectivity index (χ4n) is 1.67. The highest BCUT2D eigenvalue weighted by molar-refractivity contribution is 6.28. The lowest BCUT2D eigenvalue weighted by Gasteiger charge is -2.14. The Balaban J connectivity index is 2.12. The van der Waals surface area contributed by atoms with Crippen LogP contribution in [0.4, 0.5) is 5.82 Å². The van der Waals surface area contributed by atoms with Crippen molar-refractivity contribution in [3.63, 3.8) is 0 Å². The normalized spacial score (nSPS) is 10.7. The van der Waals surface area contributed by atoms with Crippen LogP contribution >= 0.6 is 11.6 Å². The summed E-state index contributed by atoms with van der Waals surface area (Å²) >= 11 is 5.80. The van der Waals surface area contributed by atoms with E-state index in [1.807, 2.05) is 32.9 Å². The molecule has 0 aliphatic rings. The highest BCUT2D eigenvalue weighted by Crippen LogP contribution is 2.19. The van der Waals surface area contributed by atoms with Gasteiger partial charge in [0.1, 0.15) is 5.82 Å². The summed E-state index contributed by atoms with van der Waals surface area (Å²) in [5, 5.41) is 3.45. The highest BCUT2D eigenvalue weighted by atomic mass is 35.5. The Labute approximate surface area is 123 Å². The molecule has 0 spiro atoms. The van der Waals surface area contributed by atoms with Crippen molar-refractivity contribution in [2.75, 3.05) is 5.32 Å². The summed E-state index contributed by atoms with van der Waals surface area (Å²) < 4.78 is 5.68. The smallest absolute Gasteiger partial charge is 0.224 e. The second-order valence-corrected chi connectivity index (χ2v) is 5.00. The highest BCUT2D eigenvalue weighted by Gasteiger charge is 2.08. The minimum atomic E-state index is 0.0823. The Bertz CT molecular complexity index is 589. The van der Waals surface area contributed by atoms with E-state index in [0.29, 0.717) is 18.2 Å². The first-order valence-corrected chi connectivity index (χ1v) is 6.77. The van der Waals surface area contributed by atoms with Gasteiger partial charge in [-0.3, -0.25) is 0 Å². The van der Waals surface area contributed by atoms with E-state index in [1.54, 1.807) is 12.4 Å². The van der Waals surface area contributed by atoms with Gasteiger partial charge in [0.05, 0.1) is 6.10 Å². The van der Waals surface area contributed by atoms with Crippen LogP contribution in [0.25, 0.3) is 0 Å². The summed E-state index contributed by atoms with van der Waals surface area (Å²) in [7, 11) is 0. The molecule has 2 aromatic heterocycles. The topological polar surface area (TPSA) is 59.9 Å². The predicted octanol–water partition coefficient (Wildman–Crippen LogP) is 3.23. The molecule has 106 valence electrons. The lowest BCUT2D eigenvalue weighted by Crippen LogP contribution is -2.11. The Hall–Kier alpha value is -1.88. The van der Waals surface area contributed by atoms with Crippen molar-refractivity contribution in [1.82, 2.24) is 15.0 Å². The van der Waals surface area contributed by atoms with Gasteiger partial charge in [0, 0.05) is 30.1 Å².